The van der Waals surface area contributed by atoms with Crippen molar-refractivity contribution in [1.82, 2.24) is 5.32 Å². The van der Waals surface area contributed by atoms with Crippen LogP contribution in [0.5, 0.6) is 0 Å². The first-order valence-corrected chi connectivity index (χ1v) is 20.0. The summed E-state index contributed by atoms with van der Waals surface area (Å²) >= 11 is 0. The summed E-state index contributed by atoms with van der Waals surface area (Å²) in [6.07, 6.45) is 23.8. The smallest absolute Gasteiger partial charge is 0.501 e. The Labute approximate surface area is 248 Å². The zero-order valence-corrected chi connectivity index (χ0v) is 28.0. The minimum atomic E-state index is -4.17. The number of unbranched alkanes of at least 4 members (excludes halogenated alkanes) is 15. The van der Waals surface area contributed by atoms with Crippen molar-refractivity contribution in [3.63, 3.8) is 0 Å². The summed E-state index contributed by atoms with van der Waals surface area (Å²) in [6.45, 7) is 6.60. The Morgan fingerprint density at radius 2 is 1.12 bits per heavy atom. The molecule has 0 saturated carbocycles. The minimum absolute atomic E-state index is 0.280. The molecular formula is C30H62N2O6SSi. The molecule has 1 N–H and O–H groups in total. The molecule has 3 heterocycles. The molecule has 3 aliphatic heterocycles. The van der Waals surface area contributed by atoms with Gasteiger partial charge in [0.25, 0.3) is 0 Å². The Hall–Kier alpha value is -0.0731. The molecule has 0 radical (unpaired) electrons. The molecule has 0 aliphatic carbocycles. The quantitative estimate of drug-likeness (QED) is 0.0559. The molecule has 40 heavy (non-hydrogen) atoms. The molecule has 3 saturated heterocycles. The number of hydrogen-bond acceptors (Lipinski definition) is 7. The van der Waals surface area contributed by atoms with E-state index in [-0.39, 0.29) is 12.2 Å². The van der Waals surface area contributed by atoms with E-state index in [9.17, 15) is 13.0 Å². The van der Waals surface area contributed by atoms with E-state index in [0.717, 1.165) is 23.5 Å². The Morgan fingerprint density at radius 3 is 1.57 bits per heavy atom. The van der Waals surface area contributed by atoms with Crippen molar-refractivity contribution in [3.8, 4) is 0 Å². The van der Waals surface area contributed by atoms with Gasteiger partial charge in [-0.15, -0.1) is 0 Å². The Balaban J connectivity index is 1.42. The van der Waals surface area contributed by atoms with Crippen molar-refractivity contribution in [1.29, 1.82) is 0 Å². The summed E-state index contributed by atoms with van der Waals surface area (Å²) in [5, 5.41) is 3.30. The van der Waals surface area contributed by atoms with Gasteiger partial charge in [0.05, 0.1) is 62.7 Å². The summed E-state index contributed by atoms with van der Waals surface area (Å²) in [4.78, 5) is 0. The highest BCUT2D eigenvalue weighted by atomic mass is 32.2. The molecule has 0 amide bonds. The second kappa shape index (κ2) is 19.3. The average molecular weight is 607 g/mol. The molecule has 2 bridgehead atoms. The SMILES string of the molecule is CCCCCCCCCCCCCCCCCC[N+](C)(C)CCC[Si]12OCC(NCCCS(=O)(=O)[O-])(CO1)CO2. The topological polar surface area (TPSA) is 96.9 Å². The second-order valence-corrected chi connectivity index (χ2v) is 17.4. The predicted octanol–water partition coefficient (Wildman–Crippen LogP) is 5.99. The van der Waals surface area contributed by atoms with E-state index < -0.39 is 24.5 Å². The van der Waals surface area contributed by atoms with Gasteiger partial charge in [0.1, 0.15) is 0 Å². The van der Waals surface area contributed by atoms with Crippen LogP contribution in [0, 0.1) is 0 Å². The predicted molar refractivity (Wildman–Crippen MR) is 164 cm³/mol. The first kappa shape index (κ1) is 36.1. The maximum absolute atomic E-state index is 10.8. The Kier molecular flexibility index (Phi) is 17.4. The van der Waals surface area contributed by atoms with Crippen LogP contribution in [0.4, 0.5) is 0 Å². The fraction of sp³-hybridized carbons (Fsp3) is 1.00. The van der Waals surface area contributed by atoms with Crippen LogP contribution in [0.25, 0.3) is 0 Å². The van der Waals surface area contributed by atoms with Gasteiger partial charge in [-0.25, -0.2) is 8.42 Å². The van der Waals surface area contributed by atoms with E-state index in [2.05, 4.69) is 26.3 Å². The summed E-state index contributed by atoms with van der Waals surface area (Å²) < 4.78 is 51.7. The molecule has 3 fully saturated rings. The van der Waals surface area contributed by atoms with Crippen molar-refractivity contribution in [2.75, 3.05) is 59.3 Å². The van der Waals surface area contributed by atoms with Crippen molar-refractivity contribution in [2.24, 2.45) is 0 Å². The van der Waals surface area contributed by atoms with Crippen LogP contribution in [0.3, 0.4) is 0 Å². The second-order valence-electron chi connectivity index (χ2n) is 13.2. The van der Waals surface area contributed by atoms with E-state index in [1.807, 2.05) is 0 Å². The van der Waals surface area contributed by atoms with Crippen molar-refractivity contribution >= 4 is 18.9 Å². The van der Waals surface area contributed by atoms with E-state index in [0.29, 0.717) is 26.4 Å². The molecule has 0 atom stereocenters. The van der Waals surface area contributed by atoms with Gasteiger partial charge in [-0.1, -0.05) is 96.8 Å². The summed E-state index contributed by atoms with van der Waals surface area (Å²) in [7, 11) is -2.11. The third-order valence-corrected chi connectivity index (χ3v) is 12.1. The number of fused-ring (bicyclic) bond motifs is 3. The van der Waals surface area contributed by atoms with Gasteiger partial charge in [-0.05, 0) is 25.8 Å². The summed E-state index contributed by atoms with van der Waals surface area (Å²) in [6, 6.07) is 0.845. The molecule has 0 aromatic heterocycles. The fourth-order valence-electron chi connectivity index (χ4n) is 5.89. The lowest BCUT2D eigenvalue weighted by atomic mass is 10.0. The third-order valence-electron chi connectivity index (χ3n) is 8.64. The van der Waals surface area contributed by atoms with Gasteiger partial charge in [-0.3, -0.25) is 0 Å². The lowest BCUT2D eigenvalue weighted by molar-refractivity contribution is -0.890. The van der Waals surface area contributed by atoms with Gasteiger partial charge in [0, 0.05) is 18.2 Å². The zero-order valence-electron chi connectivity index (χ0n) is 26.2. The average Bonchev–Trinajstić information content (AvgIpc) is 2.91. The number of quaternary nitrogens is 1. The first-order chi connectivity index (χ1) is 19.1. The van der Waals surface area contributed by atoms with Gasteiger partial charge >= 0.3 is 8.80 Å². The van der Waals surface area contributed by atoms with Crippen LogP contribution in [-0.4, -0.2) is 91.1 Å². The number of nitrogens with zero attached hydrogens (tertiary/aromatic N) is 1. The molecule has 0 aromatic rings. The monoisotopic (exact) mass is 606 g/mol. The van der Waals surface area contributed by atoms with Gasteiger partial charge < -0.3 is 27.6 Å². The Morgan fingerprint density at radius 1 is 0.700 bits per heavy atom. The molecule has 3 aliphatic rings. The molecule has 0 unspecified atom stereocenters. The maximum atomic E-state index is 10.8. The van der Waals surface area contributed by atoms with E-state index in [1.165, 1.54) is 109 Å². The van der Waals surface area contributed by atoms with Crippen LogP contribution in [0.1, 0.15) is 122 Å². The normalized spacial score (nSPS) is 23.2. The zero-order chi connectivity index (χ0) is 29.2. The lowest BCUT2D eigenvalue weighted by Crippen LogP contribution is -2.72. The molecule has 238 valence electrons. The van der Waals surface area contributed by atoms with Gasteiger partial charge in [0.15, 0.2) is 0 Å². The van der Waals surface area contributed by atoms with Gasteiger partial charge in [-0.2, -0.15) is 0 Å². The van der Waals surface area contributed by atoms with Crippen LogP contribution in [0.15, 0.2) is 0 Å². The molecule has 0 aromatic carbocycles. The highest BCUT2D eigenvalue weighted by Gasteiger charge is 2.56. The van der Waals surface area contributed by atoms with Crippen LogP contribution in [0.2, 0.25) is 6.04 Å². The van der Waals surface area contributed by atoms with Gasteiger partial charge in [0.2, 0.25) is 0 Å². The summed E-state index contributed by atoms with van der Waals surface area (Å²) in [5.41, 5.74) is -0.427. The molecule has 10 heteroatoms. The molecule has 8 nitrogen and oxygen atoms in total. The van der Waals surface area contributed by atoms with E-state index in [1.54, 1.807) is 0 Å². The largest absolute Gasteiger partial charge is 0.748 e. The van der Waals surface area contributed by atoms with E-state index >= 15 is 0 Å². The standard InChI is InChI=1S/C30H62N2O6SSi/c1-4-5-6-7-8-9-10-11-12-13-14-15-16-17-18-19-23-32(2,3)24-21-26-40-36-27-30(28-37-40,29-38-40)31-22-20-25-39(33,34)35/h31H,4-29H2,1-3H3. The number of rotatable bonds is 26. The number of hydrogen-bond donors (Lipinski definition) is 1. The minimum Gasteiger partial charge on any atom is -0.748 e. The molecular weight excluding hydrogens is 544 g/mol. The summed E-state index contributed by atoms with van der Waals surface area (Å²) in [5.74, 6) is -0.356. The van der Waals surface area contributed by atoms with Crippen LogP contribution >= 0.6 is 0 Å². The maximum Gasteiger partial charge on any atom is 0.501 e. The highest BCUT2D eigenvalue weighted by molar-refractivity contribution is 7.85. The van der Waals surface area contributed by atoms with Crippen molar-refractivity contribution < 1.29 is 30.7 Å². The van der Waals surface area contributed by atoms with Crippen molar-refractivity contribution in [3.05, 3.63) is 0 Å². The molecule has 3 rings (SSSR count). The third kappa shape index (κ3) is 16.0. The number of nitrogens with one attached hydrogen (secondary N) is 1. The van der Waals surface area contributed by atoms with Crippen LogP contribution in [-0.2, 0) is 23.4 Å². The first-order valence-electron chi connectivity index (χ1n) is 16.5. The molecule has 0 spiro atoms. The fourth-order valence-corrected chi connectivity index (χ4v) is 9.15. The highest BCUT2D eigenvalue weighted by Crippen LogP contribution is 2.33. The van der Waals surface area contributed by atoms with E-state index in [4.69, 9.17) is 13.3 Å². The van der Waals surface area contributed by atoms with Crippen LogP contribution < -0.4 is 5.32 Å². The van der Waals surface area contributed by atoms with Crippen molar-refractivity contribution in [2.45, 2.75) is 134 Å². The Bertz CT molecular complexity index is 743. The lowest BCUT2D eigenvalue weighted by Gasteiger charge is -2.50.